The number of likely N-dealkylation sites (N-methyl/N-ethyl adjacent to an activating group) is 1. The summed E-state index contributed by atoms with van der Waals surface area (Å²) in [5, 5.41) is 11.0. The molecule has 1 aliphatic carbocycles. The van der Waals surface area contributed by atoms with Gasteiger partial charge in [-0.2, -0.15) is 0 Å². The molecule has 9 heteroatoms. The van der Waals surface area contributed by atoms with Crippen molar-refractivity contribution < 1.29 is 14.0 Å². The Hall–Kier alpha value is -2.81. The molecule has 30 heavy (non-hydrogen) atoms. The molecular weight excluding hydrogens is 453 g/mol. The molecule has 156 valence electrons. The first-order valence-corrected chi connectivity index (χ1v) is 10.6. The highest BCUT2D eigenvalue weighted by atomic mass is 79.9. The van der Waals surface area contributed by atoms with E-state index in [9.17, 15) is 14.0 Å². The number of halogens is 2. The number of fused-ring (bicyclic) bond motifs is 1. The van der Waals surface area contributed by atoms with Gasteiger partial charge in [-0.05, 0) is 49.2 Å². The number of aromatic nitrogens is 3. The molecule has 0 saturated heterocycles. The Labute approximate surface area is 181 Å². The number of hydrogen-bond acceptors (Lipinski definition) is 4. The van der Waals surface area contributed by atoms with E-state index in [4.69, 9.17) is 0 Å². The van der Waals surface area contributed by atoms with Gasteiger partial charge in [0.25, 0.3) is 5.91 Å². The number of rotatable bonds is 5. The van der Waals surface area contributed by atoms with Crippen molar-refractivity contribution in [3.63, 3.8) is 0 Å². The molecule has 0 aliphatic heterocycles. The zero-order valence-electron chi connectivity index (χ0n) is 16.4. The van der Waals surface area contributed by atoms with Gasteiger partial charge in [-0.15, -0.1) is 5.10 Å². The van der Waals surface area contributed by atoms with E-state index in [2.05, 4.69) is 31.6 Å². The van der Waals surface area contributed by atoms with Crippen LogP contribution in [0.4, 0.5) is 10.1 Å². The first kappa shape index (κ1) is 20.5. The van der Waals surface area contributed by atoms with Gasteiger partial charge in [0.05, 0.1) is 23.8 Å². The highest BCUT2D eigenvalue weighted by Crippen LogP contribution is 2.31. The largest absolute Gasteiger partial charge is 0.332 e. The minimum atomic E-state index is -0.553. The van der Waals surface area contributed by atoms with Crippen molar-refractivity contribution in [3.8, 4) is 0 Å². The number of benzene rings is 2. The normalized spacial score (nSPS) is 14.2. The van der Waals surface area contributed by atoms with Crippen molar-refractivity contribution >= 4 is 44.5 Å². The number of nitrogens with one attached hydrogen (secondary N) is 1. The Morgan fingerprint density at radius 1 is 1.23 bits per heavy atom. The summed E-state index contributed by atoms with van der Waals surface area (Å²) in [4.78, 5) is 26.3. The Morgan fingerprint density at radius 3 is 2.73 bits per heavy atom. The lowest BCUT2D eigenvalue weighted by atomic mass is 10.1. The van der Waals surface area contributed by atoms with E-state index in [0.717, 1.165) is 18.4 Å². The number of amides is 2. The van der Waals surface area contributed by atoms with Crippen molar-refractivity contribution in [2.24, 2.45) is 0 Å². The second-order valence-corrected chi connectivity index (χ2v) is 8.43. The van der Waals surface area contributed by atoms with Crippen LogP contribution in [0.25, 0.3) is 11.0 Å². The number of carbonyl (C=O) groups is 2. The molecule has 7 nitrogen and oxygen atoms in total. The van der Waals surface area contributed by atoms with Crippen LogP contribution in [0.3, 0.4) is 0 Å². The van der Waals surface area contributed by atoms with E-state index in [1.54, 1.807) is 18.2 Å². The molecule has 1 fully saturated rings. The van der Waals surface area contributed by atoms with Gasteiger partial charge in [0.1, 0.15) is 11.3 Å². The lowest BCUT2D eigenvalue weighted by Gasteiger charge is -2.17. The maximum Gasteiger partial charge on any atom is 0.254 e. The summed E-state index contributed by atoms with van der Waals surface area (Å²) < 4.78 is 16.4. The standard InChI is InChI=1S/C21H21BrFN5O2/c1-27(12-20(29)24-17-8-7-14(22)11-16(17)23)21(30)13-6-9-19-18(10-13)25-26-28(19)15-4-2-3-5-15/h6-11,15H,2-5,12H2,1H3,(H,24,29). The predicted molar refractivity (Wildman–Crippen MR) is 115 cm³/mol. The van der Waals surface area contributed by atoms with Crippen LogP contribution in [-0.2, 0) is 4.79 Å². The molecule has 0 bridgehead atoms. The van der Waals surface area contributed by atoms with Crippen molar-refractivity contribution in [2.45, 2.75) is 31.7 Å². The fourth-order valence-corrected chi connectivity index (χ4v) is 4.11. The fourth-order valence-electron chi connectivity index (χ4n) is 3.78. The topological polar surface area (TPSA) is 80.1 Å². The lowest BCUT2D eigenvalue weighted by Crippen LogP contribution is -2.35. The second kappa shape index (κ2) is 8.51. The molecule has 3 aromatic rings. The van der Waals surface area contributed by atoms with E-state index in [0.29, 0.717) is 21.6 Å². The summed E-state index contributed by atoms with van der Waals surface area (Å²) in [6.45, 7) is -0.207. The maximum atomic E-state index is 13.9. The van der Waals surface area contributed by atoms with E-state index < -0.39 is 11.7 Å². The van der Waals surface area contributed by atoms with E-state index in [1.807, 2.05) is 10.7 Å². The van der Waals surface area contributed by atoms with Crippen molar-refractivity contribution in [3.05, 3.63) is 52.3 Å². The third-order valence-corrected chi connectivity index (χ3v) is 5.81. The Kier molecular flexibility index (Phi) is 5.80. The van der Waals surface area contributed by atoms with Crippen LogP contribution in [0.2, 0.25) is 0 Å². The molecule has 1 aliphatic rings. The van der Waals surface area contributed by atoms with Crippen LogP contribution in [-0.4, -0.2) is 45.3 Å². The summed E-state index contributed by atoms with van der Waals surface area (Å²) >= 11 is 3.17. The van der Waals surface area contributed by atoms with E-state index in [1.165, 1.54) is 36.9 Å². The third-order valence-electron chi connectivity index (χ3n) is 5.32. The SMILES string of the molecule is CN(CC(=O)Nc1ccc(Br)cc1F)C(=O)c1ccc2c(c1)nnn2C1CCCC1. The van der Waals surface area contributed by atoms with Crippen LogP contribution >= 0.6 is 15.9 Å². The highest BCUT2D eigenvalue weighted by Gasteiger charge is 2.22. The molecule has 0 atom stereocenters. The highest BCUT2D eigenvalue weighted by molar-refractivity contribution is 9.10. The maximum absolute atomic E-state index is 13.9. The smallest absolute Gasteiger partial charge is 0.254 e. The minimum absolute atomic E-state index is 0.0639. The lowest BCUT2D eigenvalue weighted by molar-refractivity contribution is -0.116. The molecule has 2 amide bonds. The van der Waals surface area contributed by atoms with Crippen LogP contribution < -0.4 is 5.32 Å². The summed E-state index contributed by atoms with van der Waals surface area (Å²) in [6, 6.07) is 9.98. The first-order chi connectivity index (χ1) is 14.4. The molecule has 1 aromatic heterocycles. The number of anilines is 1. The Morgan fingerprint density at radius 2 is 2.00 bits per heavy atom. The summed E-state index contributed by atoms with van der Waals surface area (Å²) in [7, 11) is 1.53. The Balaban J connectivity index is 1.44. The average molecular weight is 474 g/mol. The number of nitrogens with zero attached hydrogens (tertiary/aromatic N) is 4. The number of hydrogen-bond donors (Lipinski definition) is 1. The summed E-state index contributed by atoms with van der Waals surface area (Å²) in [5.41, 5.74) is 2.05. The molecule has 1 saturated carbocycles. The van der Waals surface area contributed by atoms with Gasteiger partial charge in [-0.1, -0.05) is 34.0 Å². The van der Waals surface area contributed by atoms with Crippen LogP contribution in [0.5, 0.6) is 0 Å². The van der Waals surface area contributed by atoms with E-state index >= 15 is 0 Å². The monoisotopic (exact) mass is 473 g/mol. The fraction of sp³-hybridized carbons (Fsp3) is 0.333. The van der Waals surface area contributed by atoms with Crippen LogP contribution in [0, 0.1) is 5.82 Å². The van der Waals surface area contributed by atoms with Gasteiger partial charge >= 0.3 is 0 Å². The molecule has 1 heterocycles. The van der Waals surface area contributed by atoms with Gasteiger partial charge in [-0.25, -0.2) is 9.07 Å². The van der Waals surface area contributed by atoms with Crippen LogP contribution in [0.15, 0.2) is 40.9 Å². The van der Waals surface area contributed by atoms with Gasteiger partial charge in [0.15, 0.2) is 0 Å². The average Bonchev–Trinajstić information content (AvgIpc) is 3.38. The molecule has 4 rings (SSSR count). The molecule has 0 radical (unpaired) electrons. The molecule has 0 spiro atoms. The zero-order valence-corrected chi connectivity index (χ0v) is 18.0. The summed E-state index contributed by atoms with van der Waals surface area (Å²) in [6.07, 6.45) is 4.57. The van der Waals surface area contributed by atoms with Crippen LogP contribution in [0.1, 0.15) is 42.1 Å². The Bertz CT molecular complexity index is 1110. The van der Waals surface area contributed by atoms with Gasteiger partial charge in [-0.3, -0.25) is 9.59 Å². The first-order valence-electron chi connectivity index (χ1n) is 9.77. The quantitative estimate of drug-likeness (QED) is 0.603. The molecule has 1 N–H and O–H groups in total. The van der Waals surface area contributed by atoms with Gasteiger partial charge in [0.2, 0.25) is 5.91 Å². The predicted octanol–water partition coefficient (Wildman–Crippen LogP) is 4.16. The van der Waals surface area contributed by atoms with Crippen molar-refractivity contribution in [1.82, 2.24) is 19.9 Å². The van der Waals surface area contributed by atoms with Gasteiger partial charge < -0.3 is 10.2 Å². The van der Waals surface area contributed by atoms with Crippen molar-refractivity contribution in [2.75, 3.05) is 18.9 Å². The van der Waals surface area contributed by atoms with Gasteiger partial charge in [0, 0.05) is 17.1 Å². The number of carbonyl (C=O) groups excluding carboxylic acids is 2. The zero-order chi connectivity index (χ0) is 21.3. The third kappa shape index (κ3) is 4.21. The van der Waals surface area contributed by atoms with Crippen molar-refractivity contribution in [1.29, 1.82) is 0 Å². The van der Waals surface area contributed by atoms with E-state index in [-0.39, 0.29) is 18.1 Å². The minimum Gasteiger partial charge on any atom is -0.332 e. The summed E-state index contributed by atoms with van der Waals surface area (Å²) in [5.74, 6) is -1.36. The molecule has 0 unspecified atom stereocenters. The molecular formula is C21H21BrFN5O2. The molecule has 2 aromatic carbocycles. The second-order valence-electron chi connectivity index (χ2n) is 7.51.